The average Bonchev–Trinajstić information content (AvgIpc) is 2.16. The van der Waals surface area contributed by atoms with Gasteiger partial charge in [-0.1, -0.05) is 11.6 Å². The van der Waals surface area contributed by atoms with Crippen molar-refractivity contribution in [3.63, 3.8) is 0 Å². The SMILES string of the molecule is Cc1ccc2c(c1)C(=O)C(=O)C(=O)N2. The first-order chi connectivity index (χ1) is 6.59. The Hall–Kier alpha value is -1.97. The van der Waals surface area contributed by atoms with Crippen molar-refractivity contribution in [3.05, 3.63) is 29.3 Å². The number of hydrogen-bond donors (Lipinski definition) is 1. The van der Waals surface area contributed by atoms with Crippen molar-refractivity contribution in [2.24, 2.45) is 0 Å². The van der Waals surface area contributed by atoms with Gasteiger partial charge in [0.05, 0.1) is 11.3 Å². The van der Waals surface area contributed by atoms with E-state index in [9.17, 15) is 14.4 Å². The van der Waals surface area contributed by atoms with Crippen molar-refractivity contribution in [1.82, 2.24) is 0 Å². The lowest BCUT2D eigenvalue weighted by molar-refractivity contribution is -0.132. The molecule has 0 atom stereocenters. The molecule has 0 aliphatic carbocycles. The van der Waals surface area contributed by atoms with E-state index >= 15 is 0 Å². The molecule has 0 radical (unpaired) electrons. The Morgan fingerprint density at radius 1 is 1.07 bits per heavy atom. The van der Waals surface area contributed by atoms with Crippen LogP contribution in [0.15, 0.2) is 18.2 Å². The molecule has 0 aromatic heterocycles. The minimum absolute atomic E-state index is 0.273. The fraction of sp³-hybridized carbons (Fsp3) is 0.100. The van der Waals surface area contributed by atoms with Crippen LogP contribution in [-0.4, -0.2) is 17.5 Å². The van der Waals surface area contributed by atoms with Crippen LogP contribution in [0.25, 0.3) is 0 Å². The van der Waals surface area contributed by atoms with E-state index in [1.54, 1.807) is 18.2 Å². The molecule has 0 saturated heterocycles. The third-order valence-corrected chi connectivity index (χ3v) is 2.08. The van der Waals surface area contributed by atoms with E-state index in [-0.39, 0.29) is 5.56 Å². The Bertz CT molecular complexity index is 462. The summed E-state index contributed by atoms with van der Waals surface area (Å²) in [5.41, 5.74) is 1.56. The lowest BCUT2D eigenvalue weighted by atomic mass is 9.99. The third-order valence-electron chi connectivity index (χ3n) is 2.08. The van der Waals surface area contributed by atoms with E-state index in [4.69, 9.17) is 0 Å². The third kappa shape index (κ3) is 1.12. The second-order valence-electron chi connectivity index (χ2n) is 3.16. The van der Waals surface area contributed by atoms with Gasteiger partial charge < -0.3 is 5.32 Å². The molecular formula is C10H7NO3. The fourth-order valence-electron chi connectivity index (χ4n) is 1.36. The molecule has 0 bridgehead atoms. The van der Waals surface area contributed by atoms with Crippen LogP contribution in [0.4, 0.5) is 5.69 Å². The maximum absolute atomic E-state index is 11.4. The predicted molar refractivity (Wildman–Crippen MR) is 49.1 cm³/mol. The number of amides is 1. The van der Waals surface area contributed by atoms with E-state index in [1.807, 2.05) is 6.92 Å². The van der Waals surface area contributed by atoms with Crippen LogP contribution in [0.2, 0.25) is 0 Å². The minimum Gasteiger partial charge on any atom is -0.318 e. The summed E-state index contributed by atoms with van der Waals surface area (Å²) in [6.45, 7) is 1.81. The van der Waals surface area contributed by atoms with Gasteiger partial charge in [-0.15, -0.1) is 0 Å². The van der Waals surface area contributed by atoms with Gasteiger partial charge in [0.2, 0.25) is 5.78 Å². The highest BCUT2D eigenvalue weighted by molar-refractivity contribution is 6.70. The highest BCUT2D eigenvalue weighted by Crippen LogP contribution is 2.21. The molecule has 1 N–H and O–H groups in total. The van der Waals surface area contributed by atoms with Crippen molar-refractivity contribution < 1.29 is 14.4 Å². The van der Waals surface area contributed by atoms with Crippen LogP contribution in [0, 0.1) is 6.92 Å². The number of carbonyl (C=O) groups is 3. The lowest BCUT2D eigenvalue weighted by Crippen LogP contribution is -2.35. The Morgan fingerprint density at radius 3 is 2.50 bits per heavy atom. The largest absolute Gasteiger partial charge is 0.318 e. The first-order valence-corrected chi connectivity index (χ1v) is 4.10. The molecular weight excluding hydrogens is 182 g/mol. The molecule has 1 heterocycles. The summed E-state index contributed by atoms with van der Waals surface area (Å²) in [5.74, 6) is -2.58. The van der Waals surface area contributed by atoms with Crippen molar-refractivity contribution in [1.29, 1.82) is 0 Å². The number of aryl methyl sites for hydroxylation is 1. The Balaban J connectivity index is 2.62. The van der Waals surface area contributed by atoms with Crippen molar-refractivity contribution in [2.45, 2.75) is 6.92 Å². The molecule has 1 aliphatic heterocycles. The van der Waals surface area contributed by atoms with Crippen molar-refractivity contribution >= 4 is 23.2 Å². The summed E-state index contributed by atoms with van der Waals surface area (Å²) in [7, 11) is 0. The van der Waals surface area contributed by atoms with Gasteiger partial charge in [0.15, 0.2) is 0 Å². The molecule has 2 rings (SSSR count). The van der Waals surface area contributed by atoms with Gasteiger partial charge in [0.25, 0.3) is 11.7 Å². The Labute approximate surface area is 79.9 Å². The molecule has 70 valence electrons. The molecule has 0 saturated carbocycles. The fourth-order valence-corrected chi connectivity index (χ4v) is 1.36. The number of benzene rings is 1. The molecule has 0 unspecified atom stereocenters. The summed E-state index contributed by atoms with van der Waals surface area (Å²) < 4.78 is 0. The van der Waals surface area contributed by atoms with Crippen LogP contribution in [0.5, 0.6) is 0 Å². The van der Waals surface area contributed by atoms with Crippen LogP contribution < -0.4 is 5.32 Å². The molecule has 1 aliphatic rings. The van der Waals surface area contributed by atoms with Crippen LogP contribution in [-0.2, 0) is 9.59 Å². The second-order valence-corrected chi connectivity index (χ2v) is 3.16. The number of carbonyl (C=O) groups excluding carboxylic acids is 3. The molecule has 0 fully saturated rings. The second kappa shape index (κ2) is 2.77. The van der Waals surface area contributed by atoms with Gasteiger partial charge in [0.1, 0.15) is 0 Å². The molecule has 0 spiro atoms. The zero-order valence-electron chi connectivity index (χ0n) is 7.46. The minimum atomic E-state index is -0.997. The standard InChI is InChI=1S/C10H7NO3/c1-5-2-3-7-6(4-5)8(12)9(13)10(14)11-7/h2-4H,1H3,(H,11,14). The molecule has 14 heavy (non-hydrogen) atoms. The zero-order valence-corrected chi connectivity index (χ0v) is 7.46. The lowest BCUT2D eigenvalue weighted by Gasteiger charge is -2.14. The summed E-state index contributed by atoms with van der Waals surface area (Å²) in [5, 5.41) is 2.36. The van der Waals surface area contributed by atoms with Crippen LogP contribution >= 0.6 is 0 Å². The number of ketones is 2. The Morgan fingerprint density at radius 2 is 1.79 bits per heavy atom. The smallest absolute Gasteiger partial charge is 0.300 e. The zero-order chi connectivity index (χ0) is 10.3. The highest BCUT2D eigenvalue weighted by atomic mass is 16.2. The first kappa shape index (κ1) is 8.62. The maximum Gasteiger partial charge on any atom is 0.300 e. The van der Waals surface area contributed by atoms with E-state index in [0.717, 1.165) is 5.56 Å². The number of hydrogen-bond acceptors (Lipinski definition) is 3. The molecule has 4 heteroatoms. The Kier molecular flexibility index (Phi) is 1.70. The monoisotopic (exact) mass is 189 g/mol. The van der Waals surface area contributed by atoms with Crippen LogP contribution in [0.1, 0.15) is 15.9 Å². The predicted octanol–water partition coefficient (Wildman–Crippen LogP) is 0.699. The van der Waals surface area contributed by atoms with Gasteiger partial charge >= 0.3 is 0 Å². The maximum atomic E-state index is 11.4. The van der Waals surface area contributed by atoms with E-state index in [2.05, 4.69) is 5.32 Å². The summed E-state index contributed by atoms with van der Waals surface area (Å²) in [6, 6.07) is 4.98. The average molecular weight is 189 g/mol. The summed E-state index contributed by atoms with van der Waals surface area (Å²) in [6.07, 6.45) is 0. The number of Topliss-reactive ketones (excluding diaryl/α,β-unsaturated/α-hetero) is 2. The number of anilines is 1. The van der Waals surface area contributed by atoms with E-state index < -0.39 is 17.5 Å². The number of fused-ring (bicyclic) bond motifs is 1. The highest BCUT2D eigenvalue weighted by Gasteiger charge is 2.31. The van der Waals surface area contributed by atoms with Crippen molar-refractivity contribution in [3.8, 4) is 0 Å². The van der Waals surface area contributed by atoms with E-state index in [0.29, 0.717) is 5.69 Å². The van der Waals surface area contributed by atoms with E-state index in [1.165, 1.54) is 0 Å². The topological polar surface area (TPSA) is 63.2 Å². The van der Waals surface area contributed by atoms with Crippen LogP contribution in [0.3, 0.4) is 0 Å². The molecule has 4 nitrogen and oxygen atoms in total. The normalized spacial score (nSPS) is 15.1. The number of rotatable bonds is 0. The van der Waals surface area contributed by atoms with Crippen molar-refractivity contribution in [2.75, 3.05) is 5.32 Å². The van der Waals surface area contributed by atoms with Gasteiger partial charge in [-0.3, -0.25) is 14.4 Å². The summed E-state index contributed by atoms with van der Waals surface area (Å²) in [4.78, 5) is 33.4. The molecule has 1 amide bonds. The first-order valence-electron chi connectivity index (χ1n) is 4.10. The van der Waals surface area contributed by atoms with Gasteiger partial charge in [-0.25, -0.2) is 0 Å². The summed E-state index contributed by atoms with van der Waals surface area (Å²) >= 11 is 0. The number of nitrogens with one attached hydrogen (secondary N) is 1. The quantitative estimate of drug-likeness (QED) is 0.611. The van der Waals surface area contributed by atoms with Gasteiger partial charge in [-0.2, -0.15) is 0 Å². The van der Waals surface area contributed by atoms with Gasteiger partial charge in [0, 0.05) is 0 Å². The molecule has 1 aromatic carbocycles. The molecule has 1 aromatic rings. The van der Waals surface area contributed by atoms with Gasteiger partial charge in [-0.05, 0) is 19.1 Å².